The predicted octanol–water partition coefficient (Wildman–Crippen LogP) is 38.1. The summed E-state index contributed by atoms with van der Waals surface area (Å²) in [4.78, 5) is 10.6. The zero-order valence-electron chi connectivity index (χ0n) is 87.6. The second-order valence-corrected chi connectivity index (χ2v) is 39.2. The number of unbranched alkanes of at least 4 members (excludes halogenated alkanes) is 40. The molecular weight excluding hydrogens is 1670 g/mol. The van der Waals surface area contributed by atoms with Gasteiger partial charge in [0.15, 0.2) is 0 Å². The van der Waals surface area contributed by atoms with Gasteiger partial charge in [-0.1, -0.05) is 505 Å². The fraction of sp³-hybridized carbons (Fsp3) is 0.478. The first-order valence-corrected chi connectivity index (χ1v) is 55.9. The standard InChI is InChI=1S/C134H178N4/c1-9-17-25-33-41-49-105-135(106-50-42-34-26-18-10-2)131-97-85-123(86-98-131)77-65-115-57-69-119(70-58-115)81-93-127-113-129(95-83-121-73-61-117(62-74-121)67-79-125-89-101-133(102-90-125)137(109-53-45-37-29-21-13-5)110-54-46-38-30-22-14-6)130(96-84-122-75-63-118(64-76-122)68-80-126-91-103-134(104-92-126)138(111-55-47-39-31-23-15-7)112-56-48-40-32-24-16-8)114-128(127)94-82-120-71-59-116(60-72-120)66-78-124-87-99-132(100-88-124)136(107-51-43-35-27-19-11-3)108-52-44-36-28-20-12-4/h57-80,85-92,97-104,113-114H,9-56,105-112H2,1-8H3/b77-65+,78-66+,79-67+,80-68+. The van der Waals surface area contributed by atoms with Crippen molar-refractivity contribution in [3.63, 3.8) is 0 Å². The first-order chi connectivity index (χ1) is 68.2. The number of nitrogens with zero attached hydrogens (tertiary/aromatic N) is 4. The van der Waals surface area contributed by atoms with E-state index in [0.717, 1.165) is 119 Å². The van der Waals surface area contributed by atoms with Crippen LogP contribution in [-0.2, 0) is 0 Å². The molecular formula is C134H178N4. The van der Waals surface area contributed by atoms with Crippen molar-refractivity contribution in [1.29, 1.82) is 0 Å². The minimum Gasteiger partial charge on any atom is -0.372 e. The van der Waals surface area contributed by atoms with E-state index in [0.29, 0.717) is 0 Å². The molecule has 4 nitrogen and oxygen atoms in total. The van der Waals surface area contributed by atoms with E-state index in [4.69, 9.17) is 0 Å². The summed E-state index contributed by atoms with van der Waals surface area (Å²) in [6, 6.07) is 75.8. The van der Waals surface area contributed by atoms with Crippen LogP contribution in [0.1, 0.15) is 453 Å². The quantitative estimate of drug-likeness (QED) is 0.0214. The summed E-state index contributed by atoms with van der Waals surface area (Å²) >= 11 is 0. The maximum absolute atomic E-state index is 3.65. The van der Waals surface area contributed by atoms with E-state index in [1.165, 1.54) is 353 Å². The lowest BCUT2D eigenvalue weighted by Crippen LogP contribution is -2.25. The Morgan fingerprint density at radius 3 is 0.406 bits per heavy atom. The van der Waals surface area contributed by atoms with Crippen molar-refractivity contribution in [2.45, 2.75) is 364 Å². The van der Waals surface area contributed by atoms with Crippen molar-refractivity contribution in [2.75, 3.05) is 72.0 Å². The van der Waals surface area contributed by atoms with E-state index in [-0.39, 0.29) is 0 Å². The van der Waals surface area contributed by atoms with Crippen LogP contribution in [0.25, 0.3) is 48.6 Å². The molecule has 0 bridgehead atoms. The van der Waals surface area contributed by atoms with E-state index >= 15 is 0 Å². The summed E-state index contributed by atoms with van der Waals surface area (Å²) in [7, 11) is 0. The molecule has 0 saturated heterocycles. The zero-order valence-corrected chi connectivity index (χ0v) is 87.6. The van der Waals surface area contributed by atoms with Crippen molar-refractivity contribution in [2.24, 2.45) is 0 Å². The fourth-order valence-electron chi connectivity index (χ4n) is 18.4. The normalized spacial score (nSPS) is 11.3. The SMILES string of the molecule is CCCCCCCCN(CCCCCCCC)c1ccc(/C=C/c2ccc(C#Cc3cc(C#Cc4ccc(/C=C/c5ccc(N(CCCCCCCC)CCCCCCCC)cc5)cc4)c(C#Cc4ccc(/C=C/c5ccc(N(CCCCCCCC)CCCCCCCC)cc5)cc4)cc3C#Cc3ccc(/C=C/c4ccc(N(CCCCCCCC)CCCCCCCC)cc4)cc3)cc2)cc1. The lowest BCUT2D eigenvalue weighted by molar-refractivity contribution is 0.575. The number of hydrogen-bond donors (Lipinski definition) is 0. The van der Waals surface area contributed by atoms with Crippen LogP contribution in [0.15, 0.2) is 206 Å². The second-order valence-electron chi connectivity index (χ2n) is 39.2. The molecule has 9 aromatic carbocycles. The van der Waals surface area contributed by atoms with Gasteiger partial charge in [0.1, 0.15) is 0 Å². The molecule has 0 saturated carbocycles. The lowest BCUT2D eigenvalue weighted by atomic mass is 9.97. The Bertz CT molecular complexity index is 4390. The minimum atomic E-state index is 0.794. The van der Waals surface area contributed by atoms with Crippen LogP contribution in [-0.4, -0.2) is 52.4 Å². The van der Waals surface area contributed by atoms with E-state index in [2.05, 4.69) is 377 Å². The van der Waals surface area contributed by atoms with Gasteiger partial charge in [-0.2, -0.15) is 0 Å². The smallest absolute Gasteiger partial charge is 0.0419 e. The molecule has 0 unspecified atom stereocenters. The highest BCUT2D eigenvalue weighted by Crippen LogP contribution is 2.29. The van der Waals surface area contributed by atoms with Crippen LogP contribution in [0.4, 0.5) is 22.7 Å². The van der Waals surface area contributed by atoms with Crippen LogP contribution < -0.4 is 19.6 Å². The van der Waals surface area contributed by atoms with Crippen molar-refractivity contribution in [3.8, 4) is 47.4 Å². The van der Waals surface area contributed by atoms with E-state index in [9.17, 15) is 0 Å². The van der Waals surface area contributed by atoms with Gasteiger partial charge in [0.2, 0.25) is 0 Å². The van der Waals surface area contributed by atoms with E-state index < -0.39 is 0 Å². The van der Waals surface area contributed by atoms with Gasteiger partial charge in [-0.05, 0) is 205 Å². The van der Waals surface area contributed by atoms with Gasteiger partial charge in [-0.15, -0.1) is 0 Å². The lowest BCUT2D eigenvalue weighted by Gasteiger charge is -2.25. The van der Waals surface area contributed by atoms with Gasteiger partial charge in [0, 0.05) is 120 Å². The molecule has 0 radical (unpaired) electrons. The molecule has 0 amide bonds. The predicted molar refractivity (Wildman–Crippen MR) is 613 cm³/mol. The Balaban J connectivity index is 1.02. The largest absolute Gasteiger partial charge is 0.372 e. The maximum atomic E-state index is 3.65. The van der Waals surface area contributed by atoms with Crippen molar-refractivity contribution in [1.82, 2.24) is 0 Å². The van der Waals surface area contributed by atoms with E-state index in [1.807, 2.05) is 0 Å². The molecule has 0 aliphatic rings. The molecule has 4 heteroatoms. The summed E-state index contributed by atoms with van der Waals surface area (Å²) < 4.78 is 0. The van der Waals surface area contributed by atoms with Crippen LogP contribution in [0.5, 0.6) is 0 Å². The summed E-state index contributed by atoms with van der Waals surface area (Å²) in [5, 5.41) is 0. The van der Waals surface area contributed by atoms with Crippen LogP contribution in [0.2, 0.25) is 0 Å². The highest BCUT2D eigenvalue weighted by Gasteiger charge is 2.15. The van der Waals surface area contributed by atoms with Gasteiger partial charge in [-0.25, -0.2) is 0 Å². The third-order valence-corrected chi connectivity index (χ3v) is 27.3. The highest BCUT2D eigenvalue weighted by molar-refractivity contribution is 5.75. The molecule has 0 aromatic heterocycles. The molecule has 9 aromatic rings. The summed E-state index contributed by atoms with van der Waals surface area (Å²) in [6.45, 7) is 27.5. The Morgan fingerprint density at radius 1 is 0.145 bits per heavy atom. The molecule has 138 heavy (non-hydrogen) atoms. The number of benzene rings is 9. The second kappa shape index (κ2) is 70.9. The van der Waals surface area contributed by atoms with Gasteiger partial charge >= 0.3 is 0 Å². The summed E-state index contributed by atoms with van der Waals surface area (Å²) in [5.41, 5.74) is 21.5. The third-order valence-electron chi connectivity index (χ3n) is 27.3. The number of hydrogen-bond acceptors (Lipinski definition) is 4. The molecule has 9 rings (SSSR count). The van der Waals surface area contributed by atoms with Crippen LogP contribution in [0.3, 0.4) is 0 Å². The van der Waals surface area contributed by atoms with Crippen LogP contribution in [0, 0.1) is 47.4 Å². The Morgan fingerprint density at radius 2 is 0.268 bits per heavy atom. The average Bonchev–Trinajstić information content (AvgIpc) is 0.812. The van der Waals surface area contributed by atoms with Crippen molar-refractivity contribution >= 4 is 71.4 Å². The summed E-state index contributed by atoms with van der Waals surface area (Å²) in [6.07, 6.45) is 81.0. The first kappa shape index (κ1) is 111. The monoisotopic (exact) mass is 1840 g/mol. The molecule has 0 aliphatic carbocycles. The van der Waals surface area contributed by atoms with Gasteiger partial charge in [0.25, 0.3) is 0 Å². The van der Waals surface area contributed by atoms with Gasteiger partial charge in [0.05, 0.1) is 0 Å². The molecule has 734 valence electrons. The van der Waals surface area contributed by atoms with Gasteiger partial charge in [-0.3, -0.25) is 0 Å². The van der Waals surface area contributed by atoms with Crippen molar-refractivity contribution < 1.29 is 0 Å². The molecule has 0 N–H and O–H groups in total. The molecule has 0 aliphatic heterocycles. The Kier molecular flexibility index (Phi) is 57.0. The number of rotatable bonds is 68. The number of anilines is 4. The van der Waals surface area contributed by atoms with Crippen LogP contribution >= 0.6 is 0 Å². The molecule has 0 heterocycles. The minimum absolute atomic E-state index is 0.794. The maximum Gasteiger partial charge on any atom is 0.0419 e. The topological polar surface area (TPSA) is 13.0 Å². The average molecular weight is 1840 g/mol. The summed E-state index contributed by atoms with van der Waals surface area (Å²) in [5.74, 6) is 29.0. The zero-order chi connectivity index (χ0) is 96.8. The molecule has 0 atom stereocenters. The van der Waals surface area contributed by atoms with Crippen molar-refractivity contribution in [3.05, 3.63) is 295 Å². The first-order valence-electron chi connectivity index (χ1n) is 55.9. The fourth-order valence-corrected chi connectivity index (χ4v) is 18.4. The molecule has 0 spiro atoms. The Hall–Kier alpha value is -10.6. The Labute approximate surface area is 843 Å². The molecule has 0 fully saturated rings. The third kappa shape index (κ3) is 46.0. The highest BCUT2D eigenvalue weighted by atomic mass is 15.1. The van der Waals surface area contributed by atoms with E-state index in [1.54, 1.807) is 0 Å². The van der Waals surface area contributed by atoms with Gasteiger partial charge < -0.3 is 19.6 Å².